The van der Waals surface area contributed by atoms with E-state index in [-0.39, 0.29) is 109 Å². The SMILES string of the molecule is COc1ccc(C2=CN3C(=O)c4cc(OC)c(OCCCOc5cc6c(cc5OC)C(=O)N5C=C(c7ccc(OCCOCCN=[N+]=[N-])cc7)CC5C(O[Si](C)(C)C(C)(C)C)N6C(=O)OCC(Cl)(Cl)Cl)cc4N(C(=O)OCC(Cl)(Cl)Cl)C(O[Si](C)(C)C(C)(C)C)C3C2)cc1. The number of methoxy groups -OCH3 is 3. The first kappa shape index (κ1) is 73.8. The number of benzene rings is 4. The lowest BCUT2D eigenvalue weighted by Crippen LogP contribution is -2.58. The zero-order chi connectivity index (χ0) is 68.9. The Morgan fingerprint density at radius 1 is 0.564 bits per heavy atom. The first-order valence-corrected chi connectivity index (χ1v) is 38.3. The van der Waals surface area contributed by atoms with Crippen LogP contribution in [0.2, 0.25) is 36.3 Å². The standard InChI is InChI=1S/C64H79Cl6N7O15Si2/c1-61(2,3)93(10,11)91-57-49-29-41(39-15-19-43(82-7)20-16-39)35-74(49)55(78)45-31-51(83-8)53(33-47(45)76(57)59(80)89-37-63(65,66)67)87-24-14-25-88-54-34-48-46(32-52(54)84-9)56(79)75-36-42(40-17-21-44(22-18-40)86-28-27-85-26-23-72-73-71)30-50(75)58(92-94(12,13)62(4,5)6)77(48)60(81)90-38-64(68,69)70/h15-22,31-36,49-50,57-58H,14,23-30,37-38H2,1-13H3. The second kappa shape index (κ2) is 30.2. The minimum absolute atomic E-state index is 0.0195. The molecule has 0 spiro atoms. The molecule has 4 atom stereocenters. The maximum absolute atomic E-state index is 15.3. The van der Waals surface area contributed by atoms with Gasteiger partial charge in [-0.25, -0.2) is 19.4 Å². The molecule has 4 heterocycles. The van der Waals surface area contributed by atoms with E-state index in [9.17, 15) is 9.59 Å². The predicted molar refractivity (Wildman–Crippen MR) is 369 cm³/mol. The molecule has 510 valence electrons. The molecule has 4 aromatic rings. The van der Waals surface area contributed by atoms with Crippen LogP contribution < -0.4 is 38.2 Å². The van der Waals surface area contributed by atoms with E-state index in [0.29, 0.717) is 11.5 Å². The lowest BCUT2D eigenvalue weighted by molar-refractivity contribution is 0.0584. The van der Waals surface area contributed by atoms with E-state index in [4.69, 9.17) is 127 Å². The zero-order valence-corrected chi connectivity index (χ0v) is 61.2. The van der Waals surface area contributed by atoms with Crippen LogP contribution >= 0.6 is 69.6 Å². The Labute approximate surface area is 580 Å². The van der Waals surface area contributed by atoms with E-state index in [1.54, 1.807) is 29.3 Å². The Kier molecular flexibility index (Phi) is 23.7. The van der Waals surface area contributed by atoms with Crippen molar-refractivity contribution in [1.82, 2.24) is 9.80 Å². The molecule has 94 heavy (non-hydrogen) atoms. The van der Waals surface area contributed by atoms with Gasteiger partial charge in [0.05, 0.1) is 82.3 Å². The van der Waals surface area contributed by atoms with Crippen LogP contribution in [-0.2, 0) is 23.1 Å². The van der Waals surface area contributed by atoms with E-state index in [0.717, 1.165) is 22.3 Å². The van der Waals surface area contributed by atoms with Crippen LogP contribution in [0, 0.1) is 0 Å². The average molecular weight is 1460 g/mol. The van der Waals surface area contributed by atoms with Gasteiger partial charge >= 0.3 is 12.2 Å². The molecule has 0 aromatic heterocycles. The van der Waals surface area contributed by atoms with Crippen molar-refractivity contribution in [1.29, 1.82) is 0 Å². The van der Waals surface area contributed by atoms with Crippen molar-refractivity contribution in [2.75, 3.05) is 83.9 Å². The Balaban J connectivity index is 1.12. The summed E-state index contributed by atoms with van der Waals surface area (Å²) in [5.74, 6) is 0.919. The van der Waals surface area contributed by atoms with Gasteiger partial charge in [-0.05, 0) is 113 Å². The minimum atomic E-state index is -2.86. The molecule has 0 radical (unpaired) electrons. The summed E-state index contributed by atoms with van der Waals surface area (Å²) in [5.41, 5.74) is 12.0. The molecule has 0 bridgehead atoms. The highest BCUT2D eigenvalue weighted by Gasteiger charge is 2.54. The van der Waals surface area contributed by atoms with Crippen molar-refractivity contribution in [3.05, 3.63) is 118 Å². The summed E-state index contributed by atoms with van der Waals surface area (Å²) in [6.45, 7) is 20.2. The molecule has 0 N–H and O–H groups in total. The number of rotatable bonds is 24. The molecule has 4 amide bonds. The van der Waals surface area contributed by atoms with Crippen LogP contribution in [-0.4, -0.2) is 157 Å². The van der Waals surface area contributed by atoms with Gasteiger partial charge in [0, 0.05) is 42.4 Å². The summed E-state index contributed by atoms with van der Waals surface area (Å²) in [5, 5.41) is 2.70. The van der Waals surface area contributed by atoms with E-state index in [1.165, 1.54) is 48.3 Å². The highest BCUT2D eigenvalue weighted by atomic mass is 35.6. The van der Waals surface area contributed by atoms with Crippen LogP contribution in [0.3, 0.4) is 0 Å². The van der Waals surface area contributed by atoms with Crippen LogP contribution in [0.5, 0.6) is 34.5 Å². The number of ether oxygens (including phenoxy) is 9. The summed E-state index contributed by atoms with van der Waals surface area (Å²) in [4.78, 5) is 68.7. The summed E-state index contributed by atoms with van der Waals surface area (Å²) >= 11 is 37.1. The van der Waals surface area contributed by atoms with Crippen LogP contribution in [0.1, 0.15) is 92.6 Å². The molecule has 4 aliphatic rings. The van der Waals surface area contributed by atoms with Gasteiger partial charge in [0.15, 0.2) is 52.1 Å². The van der Waals surface area contributed by atoms with Crippen molar-refractivity contribution in [2.24, 2.45) is 5.11 Å². The Morgan fingerprint density at radius 3 is 1.35 bits per heavy atom. The van der Waals surface area contributed by atoms with E-state index >= 15 is 9.59 Å². The first-order chi connectivity index (χ1) is 44.1. The van der Waals surface area contributed by atoms with E-state index in [1.807, 2.05) is 74.7 Å². The number of hydrogen-bond donors (Lipinski definition) is 0. The number of nitrogens with zero attached hydrogens (tertiary/aromatic N) is 7. The summed E-state index contributed by atoms with van der Waals surface area (Å²) in [6, 6.07) is 19.3. The van der Waals surface area contributed by atoms with Crippen molar-refractivity contribution in [3.63, 3.8) is 0 Å². The Hall–Kier alpha value is -6.00. The summed E-state index contributed by atoms with van der Waals surface area (Å²) in [6.07, 6.45) is 0.0374. The number of alkyl halides is 6. The summed E-state index contributed by atoms with van der Waals surface area (Å²) in [7, 11) is -1.25. The summed E-state index contributed by atoms with van der Waals surface area (Å²) < 4.78 is 63.6. The largest absolute Gasteiger partial charge is 0.497 e. The van der Waals surface area contributed by atoms with Gasteiger partial charge in [-0.3, -0.25) is 9.59 Å². The van der Waals surface area contributed by atoms with Gasteiger partial charge in [-0.15, -0.1) is 0 Å². The molecule has 0 saturated heterocycles. The maximum atomic E-state index is 15.3. The third kappa shape index (κ3) is 17.4. The van der Waals surface area contributed by atoms with E-state index in [2.05, 4.69) is 51.6 Å². The van der Waals surface area contributed by atoms with Gasteiger partial charge in [0.1, 0.15) is 31.3 Å². The number of azide groups is 1. The minimum Gasteiger partial charge on any atom is -0.497 e. The number of anilines is 2. The lowest BCUT2D eigenvalue weighted by Gasteiger charge is -2.44. The fraction of sp³-hybridized carbons (Fsp3) is 0.500. The second-order valence-electron chi connectivity index (χ2n) is 25.7. The number of carbonyl (C=O) groups is 4. The number of halogens is 6. The molecule has 4 unspecified atom stereocenters. The highest BCUT2D eigenvalue weighted by Crippen LogP contribution is 2.50. The Morgan fingerprint density at radius 2 is 0.979 bits per heavy atom. The van der Waals surface area contributed by atoms with Crippen LogP contribution in [0.4, 0.5) is 21.0 Å². The molecule has 4 aromatic carbocycles. The normalized spacial score (nSPS) is 18.3. The van der Waals surface area contributed by atoms with Crippen LogP contribution in [0.25, 0.3) is 21.6 Å². The molecule has 8 rings (SSSR count). The number of amides is 4. The van der Waals surface area contributed by atoms with Crippen LogP contribution in [0.15, 0.2) is 90.3 Å². The van der Waals surface area contributed by atoms with Gasteiger partial charge in [-0.2, -0.15) is 0 Å². The fourth-order valence-corrected chi connectivity index (χ4v) is 13.1. The van der Waals surface area contributed by atoms with Gasteiger partial charge in [-0.1, -0.05) is 141 Å². The molecule has 0 aliphatic carbocycles. The molecule has 4 aliphatic heterocycles. The van der Waals surface area contributed by atoms with Crippen molar-refractivity contribution in [2.45, 2.75) is 129 Å². The average Bonchev–Trinajstić information content (AvgIpc) is 1.58. The predicted octanol–water partition coefficient (Wildman–Crippen LogP) is 16.1. The van der Waals surface area contributed by atoms with Crippen molar-refractivity contribution in [3.8, 4) is 34.5 Å². The quantitative estimate of drug-likeness (QED) is 0.0158. The number of carbonyl (C=O) groups excluding carboxylic acids is 4. The van der Waals surface area contributed by atoms with Gasteiger partial charge in [0.2, 0.25) is 7.59 Å². The number of hydrogen-bond acceptors (Lipinski definition) is 16. The molecule has 0 fully saturated rings. The topological polar surface area (TPSA) is 232 Å². The third-order valence-corrected chi connectivity index (χ3v) is 26.8. The second-order valence-corrected chi connectivity index (χ2v) is 40.2. The molecular formula is C64H79Cl6N7O15Si2. The highest BCUT2D eigenvalue weighted by molar-refractivity contribution is 6.74. The monoisotopic (exact) mass is 1450 g/mol. The molecule has 22 nitrogen and oxygen atoms in total. The van der Waals surface area contributed by atoms with Crippen molar-refractivity contribution < 1.29 is 70.7 Å². The maximum Gasteiger partial charge on any atom is 0.416 e. The molecule has 0 saturated carbocycles. The first-order valence-electron chi connectivity index (χ1n) is 30.2. The van der Waals surface area contributed by atoms with Gasteiger partial charge < -0.3 is 61.3 Å². The third-order valence-electron chi connectivity index (χ3n) is 17.3. The lowest BCUT2D eigenvalue weighted by atomic mass is 10.0. The van der Waals surface area contributed by atoms with Crippen molar-refractivity contribution >= 4 is 133 Å². The zero-order valence-electron chi connectivity index (χ0n) is 54.7. The van der Waals surface area contributed by atoms with E-state index < -0.39 is 91.0 Å². The van der Waals surface area contributed by atoms with Gasteiger partial charge in [0.25, 0.3) is 11.8 Å². The number of fused-ring (bicyclic) bond motifs is 4. The Bertz CT molecular complexity index is 3540. The smallest absolute Gasteiger partial charge is 0.416 e. The fourth-order valence-electron chi connectivity index (χ4n) is 10.4. The molecule has 30 heteroatoms. The molecular weight excluding hydrogens is 1380 g/mol.